The summed E-state index contributed by atoms with van der Waals surface area (Å²) in [6.45, 7) is 0. The van der Waals surface area contributed by atoms with Gasteiger partial charge < -0.3 is 10.4 Å². The zero-order chi connectivity index (χ0) is 16.4. The van der Waals surface area contributed by atoms with Gasteiger partial charge in [-0.05, 0) is 41.1 Å². The van der Waals surface area contributed by atoms with Crippen molar-refractivity contribution in [3.05, 3.63) is 70.7 Å². The molecule has 3 rings (SSSR count). The van der Waals surface area contributed by atoms with Gasteiger partial charge in [-0.3, -0.25) is 9.59 Å². The first-order valence-corrected chi connectivity index (χ1v) is 7.25. The van der Waals surface area contributed by atoms with E-state index < -0.39 is 5.91 Å². The Morgan fingerprint density at radius 2 is 1.78 bits per heavy atom. The second kappa shape index (κ2) is 6.10. The number of carbonyl (C=O) groups excluding carboxylic acids is 2. The van der Waals surface area contributed by atoms with Crippen molar-refractivity contribution in [1.29, 1.82) is 0 Å². The van der Waals surface area contributed by atoms with Gasteiger partial charge in [-0.2, -0.15) is 0 Å². The Hall–Kier alpha value is -2.85. The molecule has 0 aliphatic carbocycles. The molecule has 0 radical (unpaired) electrons. The molecular formula is C18H12ClNO3. The summed E-state index contributed by atoms with van der Waals surface area (Å²) in [6, 6.07) is 15.2. The summed E-state index contributed by atoms with van der Waals surface area (Å²) in [5, 5.41) is 14.8. The van der Waals surface area contributed by atoms with Gasteiger partial charge in [0.15, 0.2) is 6.29 Å². The predicted molar refractivity (Wildman–Crippen MR) is 90.4 cm³/mol. The monoisotopic (exact) mass is 325 g/mol. The average Bonchev–Trinajstić information content (AvgIpc) is 2.56. The summed E-state index contributed by atoms with van der Waals surface area (Å²) >= 11 is 5.80. The Bertz CT molecular complexity index is 904. The van der Waals surface area contributed by atoms with Gasteiger partial charge in [0.2, 0.25) is 0 Å². The summed E-state index contributed by atoms with van der Waals surface area (Å²) in [4.78, 5) is 23.7. The van der Waals surface area contributed by atoms with Crippen molar-refractivity contribution in [1.82, 2.24) is 0 Å². The minimum absolute atomic E-state index is 0.0424. The minimum atomic E-state index is -0.501. The molecule has 114 valence electrons. The molecule has 0 fully saturated rings. The Morgan fingerprint density at radius 3 is 2.48 bits per heavy atom. The van der Waals surface area contributed by atoms with Gasteiger partial charge in [0.25, 0.3) is 5.91 Å². The van der Waals surface area contributed by atoms with Crippen LogP contribution in [0.2, 0.25) is 5.02 Å². The highest BCUT2D eigenvalue weighted by atomic mass is 35.5. The number of hydrogen-bond donors (Lipinski definition) is 2. The van der Waals surface area contributed by atoms with Crippen LogP contribution in [0, 0.1) is 0 Å². The number of carbonyl (C=O) groups is 2. The zero-order valence-corrected chi connectivity index (χ0v) is 12.7. The van der Waals surface area contributed by atoms with Crippen LogP contribution >= 0.6 is 11.6 Å². The van der Waals surface area contributed by atoms with Crippen LogP contribution in [0.15, 0.2) is 54.6 Å². The smallest absolute Gasteiger partial charge is 0.259 e. The Morgan fingerprint density at radius 1 is 1.09 bits per heavy atom. The lowest BCUT2D eigenvalue weighted by Crippen LogP contribution is -2.12. The number of hydrogen-bond acceptors (Lipinski definition) is 3. The molecule has 5 heteroatoms. The molecule has 0 aliphatic rings. The highest BCUT2D eigenvalue weighted by Gasteiger charge is 2.17. The topological polar surface area (TPSA) is 66.4 Å². The SMILES string of the molecule is O=Cc1c(O)c(C(=O)Nc2ccc(Cl)cc2)cc2ccccc12. The van der Waals surface area contributed by atoms with Gasteiger partial charge in [-0.15, -0.1) is 0 Å². The van der Waals surface area contributed by atoms with Crippen molar-refractivity contribution in [2.24, 2.45) is 0 Å². The lowest BCUT2D eigenvalue weighted by molar-refractivity contribution is 0.102. The van der Waals surface area contributed by atoms with E-state index in [4.69, 9.17) is 11.6 Å². The summed E-state index contributed by atoms with van der Waals surface area (Å²) in [5.74, 6) is -0.830. The number of phenolic OH excluding ortho intramolecular Hbond substituents is 1. The molecule has 0 unspecified atom stereocenters. The highest BCUT2D eigenvalue weighted by Crippen LogP contribution is 2.30. The summed E-state index contributed by atoms with van der Waals surface area (Å²) in [7, 11) is 0. The molecule has 3 aromatic rings. The number of anilines is 1. The average molecular weight is 326 g/mol. The number of aldehydes is 1. The molecule has 0 spiro atoms. The second-order valence-electron chi connectivity index (χ2n) is 4.99. The number of aromatic hydroxyl groups is 1. The fraction of sp³-hybridized carbons (Fsp3) is 0. The normalized spacial score (nSPS) is 10.5. The number of nitrogens with one attached hydrogen (secondary N) is 1. The molecule has 3 aromatic carbocycles. The number of amides is 1. The van der Waals surface area contributed by atoms with E-state index >= 15 is 0 Å². The minimum Gasteiger partial charge on any atom is -0.506 e. The van der Waals surface area contributed by atoms with E-state index in [2.05, 4.69) is 5.32 Å². The van der Waals surface area contributed by atoms with Crippen LogP contribution in [0.25, 0.3) is 10.8 Å². The Kier molecular flexibility index (Phi) is 4.00. The summed E-state index contributed by atoms with van der Waals surface area (Å²) < 4.78 is 0. The third-order valence-electron chi connectivity index (χ3n) is 3.53. The molecule has 0 atom stereocenters. The third-order valence-corrected chi connectivity index (χ3v) is 3.78. The predicted octanol–water partition coefficient (Wildman–Crippen LogP) is 4.26. The molecule has 4 nitrogen and oxygen atoms in total. The summed E-state index contributed by atoms with van der Waals surface area (Å²) in [5.41, 5.74) is 0.685. The second-order valence-corrected chi connectivity index (χ2v) is 5.42. The van der Waals surface area contributed by atoms with E-state index in [1.165, 1.54) is 0 Å². The number of halogens is 1. The molecule has 0 aliphatic heterocycles. The van der Waals surface area contributed by atoms with Gasteiger partial charge in [0.05, 0.1) is 11.1 Å². The molecule has 0 bridgehead atoms. The maximum Gasteiger partial charge on any atom is 0.259 e. The van der Waals surface area contributed by atoms with E-state index in [0.717, 1.165) is 0 Å². The lowest BCUT2D eigenvalue weighted by Gasteiger charge is -2.11. The van der Waals surface area contributed by atoms with Crippen LogP contribution in [0.1, 0.15) is 20.7 Å². The number of benzene rings is 3. The number of rotatable bonds is 3. The molecule has 23 heavy (non-hydrogen) atoms. The molecule has 0 heterocycles. The maximum absolute atomic E-state index is 12.4. The number of phenols is 1. The summed E-state index contributed by atoms with van der Waals surface area (Å²) in [6.07, 6.45) is 0.552. The van der Waals surface area contributed by atoms with Crippen molar-refractivity contribution in [3.8, 4) is 5.75 Å². The largest absolute Gasteiger partial charge is 0.506 e. The van der Waals surface area contributed by atoms with E-state index in [9.17, 15) is 14.7 Å². The van der Waals surface area contributed by atoms with Gasteiger partial charge in [0.1, 0.15) is 5.75 Å². The molecule has 2 N–H and O–H groups in total. The van der Waals surface area contributed by atoms with Crippen LogP contribution in [0.3, 0.4) is 0 Å². The first kappa shape index (κ1) is 15.1. The van der Waals surface area contributed by atoms with Gasteiger partial charge in [-0.25, -0.2) is 0 Å². The van der Waals surface area contributed by atoms with Crippen LogP contribution in [0.5, 0.6) is 5.75 Å². The first-order chi connectivity index (χ1) is 11.1. The van der Waals surface area contributed by atoms with Crippen molar-refractivity contribution < 1.29 is 14.7 Å². The molecule has 0 saturated carbocycles. The van der Waals surface area contributed by atoms with E-state index in [1.54, 1.807) is 54.6 Å². The van der Waals surface area contributed by atoms with Gasteiger partial charge >= 0.3 is 0 Å². The molecule has 0 saturated heterocycles. The standard InChI is InChI=1S/C18H12ClNO3/c19-12-5-7-13(8-6-12)20-18(23)15-9-11-3-1-2-4-14(11)16(10-21)17(15)22/h1-10,22H,(H,20,23). The maximum atomic E-state index is 12.4. The highest BCUT2D eigenvalue weighted by molar-refractivity contribution is 6.30. The van der Waals surface area contributed by atoms with Gasteiger partial charge in [-0.1, -0.05) is 35.9 Å². The van der Waals surface area contributed by atoms with Crippen molar-refractivity contribution in [2.45, 2.75) is 0 Å². The van der Waals surface area contributed by atoms with Crippen LogP contribution < -0.4 is 5.32 Å². The Labute approximate surface area is 137 Å². The third kappa shape index (κ3) is 2.89. The Balaban J connectivity index is 2.05. The zero-order valence-electron chi connectivity index (χ0n) is 11.9. The van der Waals surface area contributed by atoms with Crippen LogP contribution in [-0.4, -0.2) is 17.3 Å². The fourth-order valence-electron chi connectivity index (χ4n) is 2.39. The first-order valence-electron chi connectivity index (χ1n) is 6.87. The number of fused-ring (bicyclic) bond motifs is 1. The fourth-order valence-corrected chi connectivity index (χ4v) is 2.51. The quantitative estimate of drug-likeness (QED) is 0.707. The van der Waals surface area contributed by atoms with E-state index in [-0.39, 0.29) is 16.9 Å². The van der Waals surface area contributed by atoms with Crippen LogP contribution in [0.4, 0.5) is 5.69 Å². The lowest BCUT2D eigenvalue weighted by atomic mass is 9.99. The molecule has 1 amide bonds. The molecule has 0 aromatic heterocycles. The van der Waals surface area contributed by atoms with Crippen molar-refractivity contribution in [3.63, 3.8) is 0 Å². The van der Waals surface area contributed by atoms with Crippen LogP contribution in [-0.2, 0) is 0 Å². The van der Waals surface area contributed by atoms with E-state index in [0.29, 0.717) is 27.8 Å². The van der Waals surface area contributed by atoms with Crippen molar-refractivity contribution in [2.75, 3.05) is 5.32 Å². The molecular weight excluding hydrogens is 314 g/mol. The van der Waals surface area contributed by atoms with Crippen molar-refractivity contribution >= 4 is 40.3 Å². The van der Waals surface area contributed by atoms with E-state index in [1.807, 2.05) is 0 Å². The van der Waals surface area contributed by atoms with Gasteiger partial charge in [0, 0.05) is 10.7 Å².